The van der Waals surface area contributed by atoms with Crippen molar-refractivity contribution in [3.63, 3.8) is 0 Å². The number of nitrogens with two attached hydrogens (primary N) is 1. The van der Waals surface area contributed by atoms with Crippen LogP contribution in [0.5, 0.6) is 5.75 Å². The van der Waals surface area contributed by atoms with Gasteiger partial charge in [0.2, 0.25) is 5.82 Å². The van der Waals surface area contributed by atoms with Crippen LogP contribution in [0.15, 0.2) is 40.9 Å². The van der Waals surface area contributed by atoms with Crippen LogP contribution in [0, 0.1) is 17.2 Å². The Balaban J connectivity index is 1.40. The van der Waals surface area contributed by atoms with Gasteiger partial charge in [-0.15, -0.1) is 0 Å². The number of rotatable bonds is 6. The van der Waals surface area contributed by atoms with Gasteiger partial charge in [0.25, 0.3) is 5.89 Å². The summed E-state index contributed by atoms with van der Waals surface area (Å²) in [4.78, 5) is 4.58. The molecule has 0 aliphatic heterocycles. The molecule has 0 spiro atoms. The van der Waals surface area contributed by atoms with Crippen molar-refractivity contribution in [3.8, 4) is 34.7 Å². The molecule has 3 aromatic rings. The molecule has 146 valence electrons. The van der Waals surface area contributed by atoms with E-state index in [0.29, 0.717) is 35.2 Å². The molecule has 0 bridgehead atoms. The van der Waals surface area contributed by atoms with E-state index in [1.54, 1.807) is 6.07 Å². The van der Waals surface area contributed by atoms with E-state index in [1.807, 2.05) is 24.3 Å². The van der Waals surface area contributed by atoms with Crippen molar-refractivity contribution in [3.05, 3.63) is 53.1 Å². The second-order valence-electron chi connectivity index (χ2n) is 7.84. The largest absolute Gasteiger partial charge is 0.492 e. The quantitative estimate of drug-likeness (QED) is 0.674. The first kappa shape index (κ1) is 17.9. The van der Waals surface area contributed by atoms with Crippen LogP contribution >= 0.6 is 0 Å². The van der Waals surface area contributed by atoms with Gasteiger partial charge in [-0.25, -0.2) is 0 Å². The van der Waals surface area contributed by atoms with Crippen LogP contribution in [0.1, 0.15) is 48.4 Å². The van der Waals surface area contributed by atoms with Gasteiger partial charge in [-0.2, -0.15) is 10.2 Å². The second kappa shape index (κ2) is 7.34. The first-order valence-electron chi connectivity index (χ1n) is 10.1. The van der Waals surface area contributed by atoms with Crippen molar-refractivity contribution in [1.29, 1.82) is 5.26 Å². The zero-order valence-electron chi connectivity index (χ0n) is 16.1. The molecule has 1 heterocycles. The number of hydrogen-bond acceptors (Lipinski definition) is 6. The molecule has 1 atom stereocenters. The second-order valence-corrected chi connectivity index (χ2v) is 7.84. The lowest BCUT2D eigenvalue weighted by Gasteiger charge is -2.08. The summed E-state index contributed by atoms with van der Waals surface area (Å²) in [7, 11) is 0. The Morgan fingerprint density at radius 1 is 1.21 bits per heavy atom. The molecule has 2 aliphatic rings. The molecule has 1 aromatic heterocycles. The van der Waals surface area contributed by atoms with Gasteiger partial charge in [0.05, 0.1) is 12.2 Å². The summed E-state index contributed by atoms with van der Waals surface area (Å²) in [6.45, 7) is 0.644. The Labute approximate surface area is 169 Å². The summed E-state index contributed by atoms with van der Waals surface area (Å²) >= 11 is 0. The Hall–Kier alpha value is -3.17. The molecular formula is C23H22N4O2. The standard InChI is InChI=1S/C23H22N4O2/c24-13-16-12-15(6-9-21(16)28-11-10-14-4-5-14)23-26-22(27-29-23)19-3-1-2-18-17(19)7-8-20(18)25/h1-3,6,9,12,14,20H,4-5,7-8,10-11,25H2/t20-/m1/s1. The van der Waals surface area contributed by atoms with Crippen LogP contribution in [0.4, 0.5) is 0 Å². The van der Waals surface area contributed by atoms with Gasteiger partial charge in [0.1, 0.15) is 11.8 Å². The predicted octanol–water partition coefficient (Wildman–Crippen LogP) is 4.40. The normalized spacial score (nSPS) is 17.7. The fourth-order valence-electron chi connectivity index (χ4n) is 3.96. The summed E-state index contributed by atoms with van der Waals surface area (Å²) in [6.07, 6.45) is 5.49. The van der Waals surface area contributed by atoms with Gasteiger partial charge in [-0.05, 0) is 54.5 Å². The fourth-order valence-corrected chi connectivity index (χ4v) is 3.96. The summed E-state index contributed by atoms with van der Waals surface area (Å²) in [6, 6.07) is 13.7. The predicted molar refractivity (Wildman–Crippen MR) is 108 cm³/mol. The van der Waals surface area contributed by atoms with E-state index in [1.165, 1.54) is 18.4 Å². The fraction of sp³-hybridized carbons (Fsp3) is 0.348. The van der Waals surface area contributed by atoms with E-state index >= 15 is 0 Å². The highest BCUT2D eigenvalue weighted by Gasteiger charge is 2.24. The van der Waals surface area contributed by atoms with Gasteiger partial charge in [-0.3, -0.25) is 0 Å². The number of nitrogens with zero attached hydrogens (tertiary/aromatic N) is 3. The molecule has 0 amide bonds. The van der Waals surface area contributed by atoms with Crippen molar-refractivity contribution in [2.24, 2.45) is 11.7 Å². The summed E-state index contributed by atoms with van der Waals surface area (Å²) in [5.74, 6) is 2.34. The minimum Gasteiger partial charge on any atom is -0.492 e. The SMILES string of the molecule is N#Cc1cc(-c2nc(-c3cccc4c3CC[C@H]4N)no2)ccc1OCCC1CC1. The Kier molecular flexibility index (Phi) is 4.53. The number of nitriles is 1. The summed E-state index contributed by atoms with van der Waals surface area (Å²) < 4.78 is 11.3. The van der Waals surface area contributed by atoms with E-state index in [0.717, 1.165) is 36.3 Å². The zero-order chi connectivity index (χ0) is 19.8. The van der Waals surface area contributed by atoms with Crippen LogP contribution in [-0.4, -0.2) is 16.7 Å². The lowest BCUT2D eigenvalue weighted by Crippen LogP contribution is -2.04. The molecule has 6 heteroatoms. The first-order chi connectivity index (χ1) is 14.2. The Bertz CT molecular complexity index is 1090. The third kappa shape index (κ3) is 3.50. The van der Waals surface area contributed by atoms with Crippen molar-refractivity contribution in [1.82, 2.24) is 10.1 Å². The van der Waals surface area contributed by atoms with Crippen LogP contribution in [0.2, 0.25) is 0 Å². The number of ether oxygens (including phenoxy) is 1. The average molecular weight is 386 g/mol. The molecule has 5 rings (SSSR count). The molecule has 2 N–H and O–H groups in total. The van der Waals surface area contributed by atoms with Crippen molar-refractivity contribution in [2.45, 2.75) is 38.1 Å². The average Bonchev–Trinajstić information content (AvgIpc) is 3.30. The monoisotopic (exact) mass is 386 g/mol. The minimum absolute atomic E-state index is 0.0713. The van der Waals surface area contributed by atoms with Gasteiger partial charge in [0, 0.05) is 17.2 Å². The lowest BCUT2D eigenvalue weighted by molar-refractivity contribution is 0.301. The smallest absolute Gasteiger partial charge is 0.258 e. The molecule has 6 nitrogen and oxygen atoms in total. The highest BCUT2D eigenvalue weighted by Crippen LogP contribution is 2.36. The topological polar surface area (TPSA) is 98.0 Å². The van der Waals surface area contributed by atoms with Crippen molar-refractivity contribution < 1.29 is 9.26 Å². The molecule has 29 heavy (non-hydrogen) atoms. The van der Waals surface area contributed by atoms with E-state index < -0.39 is 0 Å². The van der Waals surface area contributed by atoms with Gasteiger partial charge < -0.3 is 15.0 Å². The zero-order valence-corrected chi connectivity index (χ0v) is 16.1. The van der Waals surface area contributed by atoms with Crippen LogP contribution in [-0.2, 0) is 6.42 Å². The molecule has 2 aliphatic carbocycles. The third-order valence-electron chi connectivity index (χ3n) is 5.81. The molecule has 0 radical (unpaired) electrons. The molecule has 2 aromatic carbocycles. The Morgan fingerprint density at radius 3 is 2.93 bits per heavy atom. The maximum Gasteiger partial charge on any atom is 0.258 e. The molecule has 0 unspecified atom stereocenters. The van der Waals surface area contributed by atoms with Gasteiger partial charge >= 0.3 is 0 Å². The van der Waals surface area contributed by atoms with Crippen molar-refractivity contribution >= 4 is 0 Å². The molecular weight excluding hydrogens is 364 g/mol. The lowest BCUT2D eigenvalue weighted by atomic mass is 10.0. The van der Waals surface area contributed by atoms with E-state index in [-0.39, 0.29) is 6.04 Å². The molecule has 1 fully saturated rings. The van der Waals surface area contributed by atoms with E-state index in [2.05, 4.69) is 22.3 Å². The van der Waals surface area contributed by atoms with Gasteiger partial charge in [-0.1, -0.05) is 36.2 Å². The maximum atomic E-state index is 9.52. The molecule has 1 saturated carbocycles. The summed E-state index contributed by atoms with van der Waals surface area (Å²) in [5, 5.41) is 13.7. The Morgan fingerprint density at radius 2 is 2.10 bits per heavy atom. The van der Waals surface area contributed by atoms with E-state index in [9.17, 15) is 5.26 Å². The van der Waals surface area contributed by atoms with Crippen LogP contribution < -0.4 is 10.5 Å². The minimum atomic E-state index is 0.0713. The highest BCUT2D eigenvalue weighted by atomic mass is 16.5. The molecule has 0 saturated heterocycles. The number of benzene rings is 2. The van der Waals surface area contributed by atoms with Gasteiger partial charge in [0.15, 0.2) is 0 Å². The highest BCUT2D eigenvalue weighted by molar-refractivity contribution is 5.67. The number of fused-ring (bicyclic) bond motifs is 1. The maximum absolute atomic E-state index is 9.52. The first-order valence-corrected chi connectivity index (χ1v) is 10.1. The number of aromatic nitrogens is 2. The van der Waals surface area contributed by atoms with Crippen LogP contribution in [0.25, 0.3) is 22.8 Å². The van der Waals surface area contributed by atoms with Crippen molar-refractivity contribution in [2.75, 3.05) is 6.61 Å². The number of hydrogen-bond donors (Lipinski definition) is 1. The summed E-state index contributed by atoms with van der Waals surface area (Å²) in [5.41, 5.74) is 10.7. The third-order valence-corrected chi connectivity index (χ3v) is 5.81. The van der Waals surface area contributed by atoms with E-state index in [4.69, 9.17) is 15.0 Å². The van der Waals surface area contributed by atoms with Crippen LogP contribution in [0.3, 0.4) is 0 Å².